The summed E-state index contributed by atoms with van der Waals surface area (Å²) in [4.78, 5) is 23.7. The molecule has 4 rings (SSSR count). The number of carbonyl (C=O) groups is 2. The molecule has 142 valence electrons. The lowest BCUT2D eigenvalue weighted by Crippen LogP contribution is -2.30. The van der Waals surface area contributed by atoms with Gasteiger partial charge in [-0.25, -0.2) is 4.39 Å². The number of benzene rings is 3. The van der Waals surface area contributed by atoms with E-state index in [2.05, 4.69) is 10.6 Å². The van der Waals surface area contributed by atoms with Crippen LogP contribution in [0, 0.1) is 18.7 Å². The lowest BCUT2D eigenvalue weighted by atomic mass is 9.99. The quantitative estimate of drug-likeness (QED) is 0.727. The minimum atomic E-state index is -0.219. The van der Waals surface area contributed by atoms with E-state index in [0.29, 0.717) is 30.6 Å². The van der Waals surface area contributed by atoms with E-state index in [1.807, 2.05) is 36.4 Å². The van der Waals surface area contributed by atoms with Gasteiger partial charge in [0.05, 0.1) is 0 Å². The van der Waals surface area contributed by atoms with E-state index in [1.54, 1.807) is 25.1 Å². The van der Waals surface area contributed by atoms with Crippen molar-refractivity contribution in [3.63, 3.8) is 0 Å². The molecule has 0 saturated carbocycles. The third-order valence-corrected chi connectivity index (χ3v) is 5.22. The molecule has 0 radical (unpaired) electrons. The van der Waals surface area contributed by atoms with Gasteiger partial charge in [-0.2, -0.15) is 0 Å². The summed E-state index contributed by atoms with van der Waals surface area (Å²) in [6, 6.07) is 16.6. The SMILES string of the molecule is Cc1ccc(-c2ccc3cc(C(=O)NCC4CNC(=O)C4)ccc3c2)cc1F. The van der Waals surface area contributed by atoms with E-state index >= 15 is 0 Å². The second-order valence-electron chi connectivity index (χ2n) is 7.32. The van der Waals surface area contributed by atoms with Gasteiger partial charge in [0.2, 0.25) is 5.91 Å². The Morgan fingerprint density at radius 3 is 2.54 bits per heavy atom. The fourth-order valence-corrected chi connectivity index (χ4v) is 3.49. The van der Waals surface area contributed by atoms with E-state index in [1.165, 1.54) is 0 Å². The van der Waals surface area contributed by atoms with Crippen molar-refractivity contribution in [3.05, 3.63) is 71.5 Å². The van der Waals surface area contributed by atoms with Gasteiger partial charge in [0, 0.05) is 31.0 Å². The van der Waals surface area contributed by atoms with Crippen LogP contribution in [0.5, 0.6) is 0 Å². The van der Waals surface area contributed by atoms with Crippen molar-refractivity contribution >= 4 is 22.6 Å². The number of halogens is 1. The number of carbonyl (C=O) groups excluding carboxylic acids is 2. The molecule has 5 heteroatoms. The zero-order chi connectivity index (χ0) is 19.7. The Morgan fingerprint density at radius 2 is 1.79 bits per heavy atom. The number of aryl methyl sites for hydroxylation is 1. The van der Waals surface area contributed by atoms with Crippen LogP contribution in [0.25, 0.3) is 21.9 Å². The van der Waals surface area contributed by atoms with Crippen LogP contribution in [-0.2, 0) is 4.79 Å². The maximum Gasteiger partial charge on any atom is 0.251 e. The molecule has 0 aliphatic carbocycles. The number of hydrogen-bond donors (Lipinski definition) is 2. The van der Waals surface area contributed by atoms with Gasteiger partial charge in [-0.15, -0.1) is 0 Å². The van der Waals surface area contributed by atoms with Crippen LogP contribution in [0.3, 0.4) is 0 Å². The second-order valence-corrected chi connectivity index (χ2v) is 7.32. The molecule has 4 nitrogen and oxygen atoms in total. The van der Waals surface area contributed by atoms with Gasteiger partial charge in [0.25, 0.3) is 5.91 Å². The number of fused-ring (bicyclic) bond motifs is 1. The molecular weight excluding hydrogens is 355 g/mol. The molecule has 0 bridgehead atoms. The summed E-state index contributed by atoms with van der Waals surface area (Å²) in [7, 11) is 0. The molecule has 28 heavy (non-hydrogen) atoms. The molecule has 0 aromatic heterocycles. The van der Waals surface area contributed by atoms with Gasteiger partial charge in [0.1, 0.15) is 5.82 Å². The van der Waals surface area contributed by atoms with Crippen molar-refractivity contribution in [2.24, 2.45) is 5.92 Å². The first-order valence-electron chi connectivity index (χ1n) is 9.35. The van der Waals surface area contributed by atoms with Crippen LogP contribution in [0.2, 0.25) is 0 Å². The van der Waals surface area contributed by atoms with Gasteiger partial charge >= 0.3 is 0 Å². The number of hydrogen-bond acceptors (Lipinski definition) is 2. The van der Waals surface area contributed by atoms with E-state index in [4.69, 9.17) is 0 Å². The second kappa shape index (κ2) is 7.43. The predicted octanol–water partition coefficient (Wildman–Crippen LogP) is 3.82. The third kappa shape index (κ3) is 3.74. The van der Waals surface area contributed by atoms with Crippen molar-refractivity contribution < 1.29 is 14.0 Å². The summed E-state index contributed by atoms with van der Waals surface area (Å²) in [5, 5.41) is 7.60. The molecule has 2 amide bonds. The average molecular weight is 376 g/mol. The number of amides is 2. The highest BCUT2D eigenvalue weighted by atomic mass is 19.1. The summed E-state index contributed by atoms with van der Waals surface area (Å²) in [6.45, 7) is 2.83. The Kier molecular flexibility index (Phi) is 4.82. The molecule has 2 N–H and O–H groups in total. The summed E-state index contributed by atoms with van der Waals surface area (Å²) >= 11 is 0. The minimum Gasteiger partial charge on any atom is -0.356 e. The number of rotatable bonds is 4. The highest BCUT2D eigenvalue weighted by Crippen LogP contribution is 2.26. The van der Waals surface area contributed by atoms with Crippen LogP contribution < -0.4 is 10.6 Å². The smallest absolute Gasteiger partial charge is 0.251 e. The van der Waals surface area contributed by atoms with E-state index in [9.17, 15) is 14.0 Å². The van der Waals surface area contributed by atoms with Gasteiger partial charge in [-0.05, 0) is 58.7 Å². The van der Waals surface area contributed by atoms with Crippen LogP contribution in [0.4, 0.5) is 4.39 Å². The Morgan fingerprint density at radius 1 is 1.07 bits per heavy atom. The molecule has 1 unspecified atom stereocenters. The first-order chi connectivity index (χ1) is 13.5. The number of nitrogens with one attached hydrogen (secondary N) is 2. The summed E-state index contributed by atoms with van der Waals surface area (Å²) in [5.74, 6) is -0.182. The summed E-state index contributed by atoms with van der Waals surface area (Å²) < 4.78 is 13.9. The van der Waals surface area contributed by atoms with Gasteiger partial charge in [-0.3, -0.25) is 9.59 Å². The zero-order valence-corrected chi connectivity index (χ0v) is 15.6. The van der Waals surface area contributed by atoms with Gasteiger partial charge in [0.15, 0.2) is 0 Å². The van der Waals surface area contributed by atoms with Gasteiger partial charge < -0.3 is 10.6 Å². The lowest BCUT2D eigenvalue weighted by Gasteiger charge is -2.10. The van der Waals surface area contributed by atoms with Crippen molar-refractivity contribution in [3.8, 4) is 11.1 Å². The lowest BCUT2D eigenvalue weighted by molar-refractivity contribution is -0.119. The highest BCUT2D eigenvalue weighted by molar-refractivity contribution is 5.99. The van der Waals surface area contributed by atoms with Crippen molar-refractivity contribution in [2.75, 3.05) is 13.1 Å². The topological polar surface area (TPSA) is 58.2 Å². The van der Waals surface area contributed by atoms with E-state index in [0.717, 1.165) is 21.9 Å². The zero-order valence-electron chi connectivity index (χ0n) is 15.6. The largest absolute Gasteiger partial charge is 0.356 e. The molecular formula is C23H21FN2O2. The molecule has 1 atom stereocenters. The minimum absolute atomic E-state index is 0.0363. The monoisotopic (exact) mass is 376 g/mol. The third-order valence-electron chi connectivity index (χ3n) is 5.22. The molecule has 1 fully saturated rings. The normalized spacial score (nSPS) is 16.2. The van der Waals surface area contributed by atoms with Crippen molar-refractivity contribution in [1.82, 2.24) is 10.6 Å². The Hall–Kier alpha value is -3.21. The average Bonchev–Trinajstić information content (AvgIpc) is 3.12. The van der Waals surface area contributed by atoms with Gasteiger partial charge in [-0.1, -0.05) is 30.3 Å². The Labute approximate surface area is 162 Å². The van der Waals surface area contributed by atoms with Crippen LogP contribution in [-0.4, -0.2) is 24.9 Å². The molecule has 3 aromatic rings. The maximum atomic E-state index is 13.9. The molecule has 1 aliphatic rings. The molecule has 1 heterocycles. The fourth-order valence-electron chi connectivity index (χ4n) is 3.49. The first-order valence-corrected chi connectivity index (χ1v) is 9.35. The summed E-state index contributed by atoms with van der Waals surface area (Å²) in [6.07, 6.45) is 0.459. The first kappa shape index (κ1) is 18.2. The Balaban J connectivity index is 1.52. The molecule has 3 aromatic carbocycles. The Bertz CT molecular complexity index is 1080. The molecule has 0 spiro atoms. The van der Waals surface area contributed by atoms with Crippen LogP contribution >= 0.6 is 0 Å². The standard InChI is InChI=1S/C23H21FN2O2/c1-14-2-3-19(11-21(14)24)17-4-5-18-10-20(7-6-16(18)9-17)23(28)26-13-15-8-22(27)25-12-15/h2-7,9-11,15H,8,12-13H2,1H3,(H,25,27)(H,26,28). The maximum absolute atomic E-state index is 13.9. The fraction of sp³-hybridized carbons (Fsp3) is 0.217. The van der Waals surface area contributed by atoms with Crippen LogP contribution in [0.1, 0.15) is 22.3 Å². The summed E-state index contributed by atoms with van der Waals surface area (Å²) in [5.41, 5.74) is 2.96. The molecule has 1 saturated heterocycles. The highest BCUT2D eigenvalue weighted by Gasteiger charge is 2.21. The predicted molar refractivity (Wildman–Crippen MR) is 108 cm³/mol. The van der Waals surface area contributed by atoms with E-state index in [-0.39, 0.29) is 23.5 Å². The van der Waals surface area contributed by atoms with Crippen molar-refractivity contribution in [2.45, 2.75) is 13.3 Å². The van der Waals surface area contributed by atoms with Crippen LogP contribution in [0.15, 0.2) is 54.6 Å². The van der Waals surface area contributed by atoms with Crippen molar-refractivity contribution in [1.29, 1.82) is 0 Å². The van der Waals surface area contributed by atoms with E-state index < -0.39 is 0 Å². The molecule has 1 aliphatic heterocycles.